The van der Waals surface area contributed by atoms with E-state index >= 15 is 0 Å². The standard InChI is InChI=1S/C12H24N2/c1-11(2)9-13(5)7-8-14(6)10-12(3)4/h9-10H,7-8H2,1-6H3. The van der Waals surface area contributed by atoms with Crippen LogP contribution < -0.4 is 0 Å². The number of rotatable bonds is 5. The van der Waals surface area contributed by atoms with Gasteiger partial charge in [-0.1, -0.05) is 11.1 Å². The van der Waals surface area contributed by atoms with E-state index in [4.69, 9.17) is 0 Å². The Balaban J connectivity index is 3.83. The van der Waals surface area contributed by atoms with Crippen molar-refractivity contribution in [3.05, 3.63) is 23.5 Å². The molecule has 2 heteroatoms. The summed E-state index contributed by atoms with van der Waals surface area (Å²) >= 11 is 0. The van der Waals surface area contributed by atoms with E-state index in [2.05, 4.69) is 64.0 Å². The van der Waals surface area contributed by atoms with Gasteiger partial charge in [-0.25, -0.2) is 0 Å². The minimum absolute atomic E-state index is 1.06. The molecule has 0 aliphatic rings. The molecular formula is C12H24N2. The van der Waals surface area contributed by atoms with Crippen LogP contribution in [0.25, 0.3) is 0 Å². The summed E-state index contributed by atoms with van der Waals surface area (Å²) in [6, 6.07) is 0. The first-order valence-corrected chi connectivity index (χ1v) is 5.12. The summed E-state index contributed by atoms with van der Waals surface area (Å²) < 4.78 is 0. The summed E-state index contributed by atoms with van der Waals surface area (Å²) in [5.41, 5.74) is 2.69. The van der Waals surface area contributed by atoms with Gasteiger partial charge in [0, 0.05) is 27.2 Å². The van der Waals surface area contributed by atoms with E-state index in [1.807, 2.05) is 0 Å². The van der Waals surface area contributed by atoms with Crippen molar-refractivity contribution < 1.29 is 0 Å². The number of nitrogens with zero attached hydrogens (tertiary/aromatic N) is 2. The Morgan fingerprint density at radius 2 is 1.07 bits per heavy atom. The fourth-order valence-corrected chi connectivity index (χ4v) is 1.33. The van der Waals surface area contributed by atoms with Gasteiger partial charge in [0.05, 0.1) is 0 Å². The van der Waals surface area contributed by atoms with E-state index in [-0.39, 0.29) is 0 Å². The van der Waals surface area contributed by atoms with Crippen molar-refractivity contribution in [3.8, 4) is 0 Å². The van der Waals surface area contributed by atoms with Crippen LogP contribution >= 0.6 is 0 Å². The number of hydrogen-bond acceptors (Lipinski definition) is 2. The first-order chi connectivity index (χ1) is 6.41. The topological polar surface area (TPSA) is 6.48 Å². The summed E-state index contributed by atoms with van der Waals surface area (Å²) in [5.74, 6) is 0. The third-order valence-electron chi connectivity index (χ3n) is 1.76. The van der Waals surface area contributed by atoms with Crippen LogP contribution in [0.4, 0.5) is 0 Å². The van der Waals surface area contributed by atoms with Gasteiger partial charge in [-0.05, 0) is 40.1 Å². The van der Waals surface area contributed by atoms with Crippen molar-refractivity contribution in [3.63, 3.8) is 0 Å². The van der Waals surface area contributed by atoms with Gasteiger partial charge in [0.15, 0.2) is 0 Å². The molecule has 0 amide bonds. The molecule has 0 unspecified atom stereocenters. The summed E-state index contributed by atoms with van der Waals surface area (Å²) in [5, 5.41) is 0. The molecule has 0 N–H and O–H groups in total. The molecule has 0 atom stereocenters. The molecule has 2 nitrogen and oxygen atoms in total. The van der Waals surface area contributed by atoms with Crippen LogP contribution in [0, 0.1) is 0 Å². The quantitative estimate of drug-likeness (QED) is 0.667. The van der Waals surface area contributed by atoms with E-state index in [0.717, 1.165) is 13.1 Å². The van der Waals surface area contributed by atoms with Crippen molar-refractivity contribution in [1.29, 1.82) is 0 Å². The van der Waals surface area contributed by atoms with E-state index in [9.17, 15) is 0 Å². The van der Waals surface area contributed by atoms with Gasteiger partial charge in [0.2, 0.25) is 0 Å². The van der Waals surface area contributed by atoms with Crippen LogP contribution in [0.2, 0.25) is 0 Å². The Kier molecular flexibility index (Phi) is 6.09. The average Bonchev–Trinajstić information content (AvgIpc) is 1.98. The molecule has 0 aliphatic heterocycles. The fourth-order valence-electron chi connectivity index (χ4n) is 1.33. The van der Waals surface area contributed by atoms with Gasteiger partial charge < -0.3 is 9.80 Å². The lowest BCUT2D eigenvalue weighted by atomic mass is 10.3. The Morgan fingerprint density at radius 1 is 0.786 bits per heavy atom. The van der Waals surface area contributed by atoms with E-state index in [1.165, 1.54) is 11.1 Å². The maximum Gasteiger partial charge on any atom is 0.0345 e. The zero-order valence-electron chi connectivity index (χ0n) is 10.5. The third kappa shape index (κ3) is 7.71. The predicted octanol–water partition coefficient (Wildman–Crippen LogP) is 2.70. The molecule has 0 radical (unpaired) electrons. The Labute approximate surface area is 88.9 Å². The monoisotopic (exact) mass is 196 g/mol. The first kappa shape index (κ1) is 13.1. The van der Waals surface area contributed by atoms with E-state index in [0.29, 0.717) is 0 Å². The molecule has 14 heavy (non-hydrogen) atoms. The van der Waals surface area contributed by atoms with Crippen molar-refractivity contribution in [2.45, 2.75) is 27.7 Å². The zero-order chi connectivity index (χ0) is 11.1. The van der Waals surface area contributed by atoms with E-state index in [1.54, 1.807) is 0 Å². The largest absolute Gasteiger partial charge is 0.379 e. The molecule has 0 saturated heterocycles. The van der Waals surface area contributed by atoms with Crippen LogP contribution in [0.5, 0.6) is 0 Å². The molecular weight excluding hydrogens is 172 g/mol. The first-order valence-electron chi connectivity index (χ1n) is 5.12. The smallest absolute Gasteiger partial charge is 0.0345 e. The second-order valence-corrected chi connectivity index (χ2v) is 4.37. The highest BCUT2D eigenvalue weighted by atomic mass is 15.1. The van der Waals surface area contributed by atoms with Crippen molar-refractivity contribution in [1.82, 2.24) is 9.80 Å². The van der Waals surface area contributed by atoms with Crippen LogP contribution in [0.3, 0.4) is 0 Å². The van der Waals surface area contributed by atoms with E-state index < -0.39 is 0 Å². The molecule has 0 aromatic rings. The molecule has 0 aromatic heterocycles. The summed E-state index contributed by atoms with van der Waals surface area (Å²) in [6.07, 6.45) is 4.35. The second kappa shape index (κ2) is 6.52. The van der Waals surface area contributed by atoms with Gasteiger partial charge in [-0.3, -0.25) is 0 Å². The number of likely N-dealkylation sites (N-methyl/N-ethyl adjacent to an activating group) is 2. The average molecular weight is 196 g/mol. The lowest BCUT2D eigenvalue weighted by Crippen LogP contribution is -2.25. The zero-order valence-corrected chi connectivity index (χ0v) is 10.5. The maximum atomic E-state index is 2.23. The minimum atomic E-state index is 1.06. The lowest BCUT2D eigenvalue weighted by molar-refractivity contribution is 0.362. The molecule has 0 spiro atoms. The maximum absolute atomic E-state index is 2.23. The predicted molar refractivity (Wildman–Crippen MR) is 64.1 cm³/mol. The molecule has 82 valence electrons. The van der Waals surface area contributed by atoms with Crippen LogP contribution in [-0.2, 0) is 0 Å². The van der Waals surface area contributed by atoms with Gasteiger partial charge >= 0.3 is 0 Å². The van der Waals surface area contributed by atoms with Crippen LogP contribution in [-0.4, -0.2) is 37.0 Å². The lowest BCUT2D eigenvalue weighted by Gasteiger charge is -2.20. The molecule has 0 saturated carbocycles. The van der Waals surface area contributed by atoms with Crippen molar-refractivity contribution >= 4 is 0 Å². The summed E-state index contributed by atoms with van der Waals surface area (Å²) in [7, 11) is 4.23. The van der Waals surface area contributed by atoms with Crippen molar-refractivity contribution in [2.75, 3.05) is 27.2 Å². The molecule has 0 rings (SSSR count). The second-order valence-electron chi connectivity index (χ2n) is 4.37. The van der Waals surface area contributed by atoms with Crippen molar-refractivity contribution in [2.24, 2.45) is 0 Å². The minimum Gasteiger partial charge on any atom is -0.379 e. The molecule has 0 heterocycles. The summed E-state index contributed by atoms with van der Waals surface area (Å²) in [4.78, 5) is 4.45. The van der Waals surface area contributed by atoms with Crippen LogP contribution in [0.15, 0.2) is 23.5 Å². The molecule has 0 fully saturated rings. The van der Waals surface area contributed by atoms with Gasteiger partial charge in [-0.2, -0.15) is 0 Å². The Hall–Kier alpha value is -0.920. The highest BCUT2D eigenvalue weighted by Gasteiger charge is 1.95. The van der Waals surface area contributed by atoms with Gasteiger partial charge in [-0.15, -0.1) is 0 Å². The Morgan fingerprint density at radius 3 is 1.29 bits per heavy atom. The van der Waals surface area contributed by atoms with Crippen LogP contribution in [0.1, 0.15) is 27.7 Å². The highest BCUT2D eigenvalue weighted by Crippen LogP contribution is 1.96. The molecule has 0 bridgehead atoms. The van der Waals surface area contributed by atoms with Gasteiger partial charge in [0.1, 0.15) is 0 Å². The Bertz CT molecular complexity index is 184. The number of allylic oxidation sites excluding steroid dienone is 2. The summed E-state index contributed by atoms with van der Waals surface area (Å²) in [6.45, 7) is 10.6. The van der Waals surface area contributed by atoms with Gasteiger partial charge in [0.25, 0.3) is 0 Å². The number of hydrogen-bond donors (Lipinski definition) is 0. The SMILES string of the molecule is CC(C)=CN(C)CCN(C)C=C(C)C. The molecule has 0 aliphatic carbocycles. The normalized spacial score (nSPS) is 9.29. The third-order valence-corrected chi connectivity index (χ3v) is 1.76. The fraction of sp³-hybridized carbons (Fsp3) is 0.667. The highest BCUT2D eigenvalue weighted by molar-refractivity contribution is 4.93. The molecule has 0 aromatic carbocycles.